The van der Waals surface area contributed by atoms with Gasteiger partial charge < -0.3 is 14.6 Å². The zero-order chi connectivity index (χ0) is 17.8. The lowest BCUT2D eigenvalue weighted by Gasteiger charge is -2.22. The molecule has 0 bridgehead atoms. The number of nitrogens with zero attached hydrogens (tertiary/aromatic N) is 1. The van der Waals surface area contributed by atoms with Gasteiger partial charge in [0.25, 0.3) is 0 Å². The monoisotopic (exact) mass is 352 g/mol. The predicted molar refractivity (Wildman–Crippen MR) is 109 cm³/mol. The molecule has 1 heterocycles. The van der Waals surface area contributed by atoms with Crippen LogP contribution in [0.3, 0.4) is 0 Å². The molecule has 3 rings (SSSR count). The summed E-state index contributed by atoms with van der Waals surface area (Å²) < 4.78 is 5.99. The van der Waals surface area contributed by atoms with Crippen molar-refractivity contribution in [3.63, 3.8) is 0 Å². The minimum atomic E-state index is 0.716. The number of hydrogen-bond donors (Lipinski definition) is 1. The van der Waals surface area contributed by atoms with Crippen LogP contribution in [-0.4, -0.2) is 17.1 Å². The summed E-state index contributed by atoms with van der Waals surface area (Å²) in [5, 5.41) is 5.27. The van der Waals surface area contributed by atoms with E-state index in [2.05, 4.69) is 54.4 Å². The highest BCUT2D eigenvalue weighted by Gasteiger charge is 2.16. The Morgan fingerprint density at radius 1 is 1.04 bits per heavy atom. The van der Waals surface area contributed by atoms with Gasteiger partial charge in [-0.05, 0) is 36.3 Å². The van der Waals surface area contributed by atoms with Gasteiger partial charge >= 0.3 is 0 Å². The molecule has 0 fully saturated rings. The fourth-order valence-electron chi connectivity index (χ4n) is 3.08. The number of thiocarbonyl (C=S) groups is 1. The summed E-state index contributed by atoms with van der Waals surface area (Å²) in [5.74, 6) is 1.03. The predicted octanol–water partition coefficient (Wildman–Crippen LogP) is 5.39. The summed E-state index contributed by atoms with van der Waals surface area (Å²) in [6, 6.07) is 16.5. The van der Waals surface area contributed by atoms with Gasteiger partial charge in [0.15, 0.2) is 5.11 Å². The first-order valence-electron chi connectivity index (χ1n) is 8.73. The molecule has 0 amide bonds. The van der Waals surface area contributed by atoms with Crippen LogP contribution in [0.1, 0.15) is 30.7 Å². The maximum atomic E-state index is 5.99. The van der Waals surface area contributed by atoms with Gasteiger partial charge in [0.05, 0.1) is 0 Å². The zero-order valence-corrected chi connectivity index (χ0v) is 15.8. The third-order valence-corrected chi connectivity index (χ3v) is 4.90. The van der Waals surface area contributed by atoms with Crippen molar-refractivity contribution in [1.29, 1.82) is 0 Å². The molecular formula is C21H24N2OS. The Morgan fingerprint density at radius 3 is 2.52 bits per heavy atom. The van der Waals surface area contributed by atoms with Crippen molar-refractivity contribution >= 4 is 34.0 Å². The molecule has 4 heteroatoms. The molecular weight excluding hydrogens is 328 g/mol. The third kappa shape index (κ3) is 3.69. The minimum Gasteiger partial charge on any atom is -0.461 e. The van der Waals surface area contributed by atoms with Crippen LogP contribution in [0.5, 0.6) is 0 Å². The molecule has 130 valence electrons. The molecule has 1 aromatic heterocycles. The van der Waals surface area contributed by atoms with E-state index in [0.717, 1.165) is 36.4 Å². The van der Waals surface area contributed by atoms with Crippen LogP contribution >= 0.6 is 12.2 Å². The number of benzene rings is 2. The van der Waals surface area contributed by atoms with Crippen LogP contribution in [0.15, 0.2) is 52.9 Å². The van der Waals surface area contributed by atoms with Gasteiger partial charge in [-0.25, -0.2) is 0 Å². The Hall–Kier alpha value is -2.33. The second-order valence-electron chi connectivity index (χ2n) is 6.15. The van der Waals surface area contributed by atoms with Crippen LogP contribution in [0.2, 0.25) is 0 Å². The Kier molecular flexibility index (Phi) is 5.39. The first-order valence-corrected chi connectivity index (χ1v) is 9.14. The molecule has 0 unspecified atom stereocenters. The Balaban J connectivity index is 1.80. The van der Waals surface area contributed by atoms with E-state index in [1.807, 2.05) is 25.2 Å². The van der Waals surface area contributed by atoms with Crippen LogP contribution in [0.25, 0.3) is 11.0 Å². The number of fused-ring (bicyclic) bond motifs is 1. The molecule has 1 N–H and O–H groups in total. The van der Waals surface area contributed by atoms with E-state index in [4.69, 9.17) is 16.6 Å². The molecule has 0 saturated carbocycles. The van der Waals surface area contributed by atoms with Crippen molar-refractivity contribution in [2.45, 2.75) is 33.2 Å². The first-order chi connectivity index (χ1) is 12.1. The van der Waals surface area contributed by atoms with Gasteiger partial charge in [0.1, 0.15) is 11.3 Å². The minimum absolute atomic E-state index is 0.716. The number of anilines is 1. The molecule has 0 atom stereocenters. The number of aryl methyl sites for hydroxylation is 2. The van der Waals surface area contributed by atoms with Crippen LogP contribution in [0.4, 0.5) is 5.69 Å². The summed E-state index contributed by atoms with van der Waals surface area (Å²) in [6.45, 7) is 4.99. The summed E-state index contributed by atoms with van der Waals surface area (Å²) in [7, 11) is 2.02. The number of hydrogen-bond acceptors (Lipinski definition) is 2. The second kappa shape index (κ2) is 7.70. The fourth-order valence-corrected chi connectivity index (χ4v) is 3.25. The maximum absolute atomic E-state index is 5.99. The van der Waals surface area contributed by atoms with Gasteiger partial charge in [-0.3, -0.25) is 0 Å². The van der Waals surface area contributed by atoms with Crippen molar-refractivity contribution in [3.05, 3.63) is 65.4 Å². The highest BCUT2D eigenvalue weighted by molar-refractivity contribution is 7.80. The molecule has 3 aromatic rings. The van der Waals surface area contributed by atoms with Gasteiger partial charge in [0.2, 0.25) is 0 Å². The van der Waals surface area contributed by atoms with Crippen molar-refractivity contribution in [2.24, 2.45) is 0 Å². The Labute approximate surface area is 154 Å². The third-order valence-electron chi connectivity index (χ3n) is 4.48. The topological polar surface area (TPSA) is 28.4 Å². The fraction of sp³-hybridized carbons (Fsp3) is 0.286. The molecule has 25 heavy (non-hydrogen) atoms. The largest absolute Gasteiger partial charge is 0.461 e. The quantitative estimate of drug-likeness (QED) is 0.624. The van der Waals surface area contributed by atoms with E-state index in [1.165, 1.54) is 16.5 Å². The molecule has 0 aliphatic carbocycles. The van der Waals surface area contributed by atoms with Crippen molar-refractivity contribution < 1.29 is 4.42 Å². The average molecular weight is 353 g/mol. The SMILES string of the molecule is CCc1ccccc1NC(=S)N(C)Cc1c(CC)oc2ccccc12. The number of furan rings is 1. The summed E-state index contributed by atoms with van der Waals surface area (Å²) in [5.41, 5.74) is 4.50. The van der Waals surface area contributed by atoms with Gasteiger partial charge in [0, 0.05) is 36.7 Å². The van der Waals surface area contributed by atoms with Crippen LogP contribution in [0, 0.1) is 0 Å². The number of rotatable bonds is 5. The van der Waals surface area contributed by atoms with Gasteiger partial charge in [-0.2, -0.15) is 0 Å². The van der Waals surface area contributed by atoms with Crippen molar-refractivity contribution in [3.8, 4) is 0 Å². The smallest absolute Gasteiger partial charge is 0.173 e. The number of nitrogens with one attached hydrogen (secondary N) is 1. The van der Waals surface area contributed by atoms with E-state index in [9.17, 15) is 0 Å². The molecule has 3 nitrogen and oxygen atoms in total. The van der Waals surface area contributed by atoms with E-state index in [0.29, 0.717) is 5.11 Å². The van der Waals surface area contributed by atoms with Crippen LogP contribution in [-0.2, 0) is 19.4 Å². The molecule has 0 saturated heterocycles. The lowest BCUT2D eigenvalue weighted by atomic mass is 10.1. The van der Waals surface area contributed by atoms with E-state index < -0.39 is 0 Å². The first kappa shape index (κ1) is 17.5. The normalized spacial score (nSPS) is 10.8. The molecule has 0 spiro atoms. The molecule has 0 radical (unpaired) electrons. The van der Waals surface area contributed by atoms with E-state index >= 15 is 0 Å². The Bertz CT molecular complexity index is 884. The average Bonchev–Trinajstić information content (AvgIpc) is 3.00. The Morgan fingerprint density at radius 2 is 1.76 bits per heavy atom. The standard InChI is InChI=1S/C21H24N2OS/c1-4-15-10-6-8-12-18(15)22-21(25)23(3)14-17-16-11-7-9-13-20(16)24-19(17)5-2/h6-13H,4-5,14H2,1-3H3,(H,22,25). The van der Waals surface area contributed by atoms with Gasteiger partial charge in [-0.1, -0.05) is 50.2 Å². The van der Waals surface area contributed by atoms with E-state index in [-0.39, 0.29) is 0 Å². The number of para-hydroxylation sites is 2. The molecule has 0 aliphatic heterocycles. The zero-order valence-electron chi connectivity index (χ0n) is 15.0. The summed E-state index contributed by atoms with van der Waals surface area (Å²) >= 11 is 5.63. The van der Waals surface area contributed by atoms with Crippen LogP contribution < -0.4 is 5.32 Å². The van der Waals surface area contributed by atoms with Gasteiger partial charge in [-0.15, -0.1) is 0 Å². The highest BCUT2D eigenvalue weighted by atomic mass is 32.1. The summed E-state index contributed by atoms with van der Waals surface area (Å²) in [6.07, 6.45) is 1.85. The second-order valence-corrected chi connectivity index (χ2v) is 6.54. The molecule has 2 aromatic carbocycles. The van der Waals surface area contributed by atoms with E-state index in [1.54, 1.807) is 0 Å². The lowest BCUT2D eigenvalue weighted by Crippen LogP contribution is -2.31. The summed E-state index contributed by atoms with van der Waals surface area (Å²) in [4.78, 5) is 2.07. The highest BCUT2D eigenvalue weighted by Crippen LogP contribution is 2.27. The molecule has 0 aliphatic rings. The maximum Gasteiger partial charge on any atom is 0.173 e. The van der Waals surface area contributed by atoms with Crippen molar-refractivity contribution in [2.75, 3.05) is 12.4 Å². The van der Waals surface area contributed by atoms with Crippen molar-refractivity contribution in [1.82, 2.24) is 4.90 Å². The lowest BCUT2D eigenvalue weighted by molar-refractivity contribution is 0.488.